The molecule has 0 atom stereocenters. The number of rotatable bonds is 7. The number of ether oxygens (including phenoxy) is 1. The van der Waals surface area contributed by atoms with Crippen LogP contribution in [0.1, 0.15) is 32.3 Å². The second-order valence-electron chi connectivity index (χ2n) is 6.01. The summed E-state index contributed by atoms with van der Waals surface area (Å²) in [4.78, 5) is 11.7. The van der Waals surface area contributed by atoms with Gasteiger partial charge in [-0.25, -0.2) is 0 Å². The van der Waals surface area contributed by atoms with Gasteiger partial charge in [-0.2, -0.15) is 0 Å². The van der Waals surface area contributed by atoms with E-state index in [0.717, 1.165) is 31.6 Å². The number of amides is 1. The van der Waals surface area contributed by atoms with E-state index >= 15 is 0 Å². The van der Waals surface area contributed by atoms with Crippen molar-refractivity contribution in [3.05, 3.63) is 29.8 Å². The first-order chi connectivity index (χ1) is 9.49. The van der Waals surface area contributed by atoms with Crippen molar-refractivity contribution in [3.63, 3.8) is 0 Å². The first-order valence-corrected chi connectivity index (χ1v) is 7.28. The van der Waals surface area contributed by atoms with Gasteiger partial charge in [0.05, 0.1) is 12.1 Å². The summed E-state index contributed by atoms with van der Waals surface area (Å²) in [5.41, 5.74) is 6.43. The molecule has 1 aliphatic carbocycles. The number of hydrogen-bond donors (Lipinski definition) is 2. The Bertz CT molecular complexity index is 450. The lowest BCUT2D eigenvalue weighted by molar-refractivity contribution is -0.123. The fourth-order valence-corrected chi connectivity index (χ4v) is 1.87. The van der Waals surface area contributed by atoms with Gasteiger partial charge < -0.3 is 15.8 Å². The number of nitrogens with one attached hydrogen (secondary N) is 1. The van der Waals surface area contributed by atoms with Crippen LogP contribution in [-0.4, -0.2) is 24.6 Å². The van der Waals surface area contributed by atoms with Gasteiger partial charge in [-0.15, -0.1) is 0 Å². The molecule has 0 heterocycles. The third kappa shape index (κ3) is 4.23. The number of carbonyl (C=O) groups excluding carboxylic acids is 1. The highest BCUT2D eigenvalue weighted by molar-refractivity contribution is 5.88. The van der Waals surface area contributed by atoms with Gasteiger partial charge in [-0.3, -0.25) is 4.79 Å². The van der Waals surface area contributed by atoms with E-state index in [1.54, 1.807) is 0 Å². The maximum absolute atomic E-state index is 11.7. The summed E-state index contributed by atoms with van der Waals surface area (Å²) in [7, 11) is 0. The van der Waals surface area contributed by atoms with E-state index in [0.29, 0.717) is 12.5 Å². The van der Waals surface area contributed by atoms with Gasteiger partial charge in [-0.05, 0) is 42.9 Å². The van der Waals surface area contributed by atoms with Gasteiger partial charge in [0.2, 0.25) is 5.91 Å². The fraction of sp³-hybridized carbons (Fsp3) is 0.562. The van der Waals surface area contributed by atoms with Crippen LogP contribution in [0.15, 0.2) is 24.3 Å². The minimum atomic E-state index is -0.575. The molecule has 0 spiro atoms. The van der Waals surface area contributed by atoms with Crippen LogP contribution >= 0.6 is 0 Å². The molecule has 4 nitrogen and oxygen atoms in total. The molecule has 20 heavy (non-hydrogen) atoms. The Morgan fingerprint density at radius 3 is 2.55 bits per heavy atom. The number of nitrogens with two attached hydrogens (primary N) is 1. The van der Waals surface area contributed by atoms with Crippen molar-refractivity contribution in [1.82, 2.24) is 5.32 Å². The molecule has 1 fully saturated rings. The molecule has 1 aromatic carbocycles. The van der Waals surface area contributed by atoms with Gasteiger partial charge in [-0.1, -0.05) is 26.0 Å². The summed E-state index contributed by atoms with van der Waals surface area (Å²) in [6.07, 6.45) is 2.42. The van der Waals surface area contributed by atoms with Gasteiger partial charge in [0, 0.05) is 6.54 Å². The highest BCUT2D eigenvalue weighted by atomic mass is 16.5. The molecule has 0 unspecified atom stereocenters. The van der Waals surface area contributed by atoms with Crippen LogP contribution in [0.3, 0.4) is 0 Å². The van der Waals surface area contributed by atoms with Crippen LogP contribution in [0.4, 0.5) is 0 Å². The molecule has 0 saturated heterocycles. The molecule has 0 aromatic heterocycles. The number of hydrogen-bond acceptors (Lipinski definition) is 3. The second-order valence-corrected chi connectivity index (χ2v) is 6.01. The zero-order chi connectivity index (χ0) is 14.6. The van der Waals surface area contributed by atoms with E-state index in [2.05, 4.69) is 19.2 Å². The number of carbonyl (C=O) groups is 1. The lowest BCUT2D eigenvalue weighted by Crippen LogP contribution is -2.43. The lowest BCUT2D eigenvalue weighted by atomic mass is 10.1. The van der Waals surface area contributed by atoms with E-state index in [1.807, 2.05) is 24.3 Å². The molecule has 2 rings (SSSR count). The molecule has 110 valence electrons. The van der Waals surface area contributed by atoms with Crippen LogP contribution in [-0.2, 0) is 11.2 Å². The minimum absolute atomic E-state index is 0.0191. The van der Waals surface area contributed by atoms with E-state index < -0.39 is 5.54 Å². The van der Waals surface area contributed by atoms with Crippen molar-refractivity contribution in [2.75, 3.05) is 13.2 Å². The molecular weight excluding hydrogens is 252 g/mol. The molecule has 3 N–H and O–H groups in total. The average molecular weight is 276 g/mol. The zero-order valence-corrected chi connectivity index (χ0v) is 12.3. The van der Waals surface area contributed by atoms with Gasteiger partial charge >= 0.3 is 0 Å². The van der Waals surface area contributed by atoms with Gasteiger partial charge in [0.15, 0.2) is 0 Å². The largest absolute Gasteiger partial charge is 0.493 e. The summed E-state index contributed by atoms with van der Waals surface area (Å²) < 4.78 is 5.63. The van der Waals surface area contributed by atoms with Crippen LogP contribution < -0.4 is 15.8 Å². The van der Waals surface area contributed by atoms with Crippen molar-refractivity contribution in [1.29, 1.82) is 0 Å². The van der Waals surface area contributed by atoms with Crippen molar-refractivity contribution in [2.45, 2.75) is 38.6 Å². The van der Waals surface area contributed by atoms with Crippen molar-refractivity contribution < 1.29 is 9.53 Å². The minimum Gasteiger partial charge on any atom is -0.493 e. The normalized spacial score (nSPS) is 16.0. The quantitative estimate of drug-likeness (QED) is 0.799. The van der Waals surface area contributed by atoms with Gasteiger partial charge in [0.25, 0.3) is 0 Å². The topological polar surface area (TPSA) is 64.3 Å². The molecule has 4 heteroatoms. The fourth-order valence-electron chi connectivity index (χ4n) is 1.87. The Kier molecular flexibility index (Phi) is 4.65. The highest BCUT2D eigenvalue weighted by Gasteiger charge is 2.45. The predicted octanol–water partition coefficient (Wildman–Crippen LogP) is 1.87. The lowest BCUT2D eigenvalue weighted by Gasteiger charge is -2.11. The summed E-state index contributed by atoms with van der Waals surface area (Å²) in [6, 6.07) is 8.03. The standard InChI is InChI=1S/C16H24N2O2/c1-12(2)11-20-14-5-3-13(4-6-14)7-10-18-15(19)16(17)8-9-16/h3-6,12H,7-11,17H2,1-2H3,(H,18,19). The maximum atomic E-state index is 11.7. The van der Waals surface area contributed by atoms with Crippen LogP contribution in [0, 0.1) is 5.92 Å². The zero-order valence-electron chi connectivity index (χ0n) is 12.3. The van der Waals surface area contributed by atoms with Crippen LogP contribution in [0.25, 0.3) is 0 Å². The Morgan fingerprint density at radius 1 is 1.35 bits per heavy atom. The van der Waals surface area contributed by atoms with Crippen molar-refractivity contribution in [3.8, 4) is 5.75 Å². The second kappa shape index (κ2) is 6.27. The Balaban J connectivity index is 1.72. The highest BCUT2D eigenvalue weighted by Crippen LogP contribution is 2.31. The van der Waals surface area contributed by atoms with E-state index in [4.69, 9.17) is 10.5 Å². The molecule has 0 aliphatic heterocycles. The van der Waals surface area contributed by atoms with E-state index in [-0.39, 0.29) is 5.91 Å². The first kappa shape index (κ1) is 14.9. The number of benzene rings is 1. The summed E-state index contributed by atoms with van der Waals surface area (Å²) >= 11 is 0. The van der Waals surface area contributed by atoms with Crippen molar-refractivity contribution in [2.24, 2.45) is 11.7 Å². The third-order valence-electron chi connectivity index (χ3n) is 3.45. The smallest absolute Gasteiger partial charge is 0.240 e. The Labute approximate surface area is 120 Å². The summed E-state index contributed by atoms with van der Waals surface area (Å²) in [6.45, 7) is 5.61. The summed E-state index contributed by atoms with van der Waals surface area (Å²) in [5, 5.41) is 2.89. The molecular formula is C16H24N2O2. The Hall–Kier alpha value is -1.55. The molecule has 1 saturated carbocycles. The third-order valence-corrected chi connectivity index (χ3v) is 3.45. The molecule has 0 radical (unpaired) electrons. The summed E-state index contributed by atoms with van der Waals surface area (Å²) in [5.74, 6) is 1.40. The monoisotopic (exact) mass is 276 g/mol. The predicted molar refractivity (Wildman–Crippen MR) is 79.6 cm³/mol. The van der Waals surface area contributed by atoms with E-state index in [9.17, 15) is 4.79 Å². The SMILES string of the molecule is CC(C)COc1ccc(CCNC(=O)C2(N)CC2)cc1. The van der Waals surface area contributed by atoms with E-state index in [1.165, 1.54) is 5.56 Å². The van der Waals surface area contributed by atoms with Crippen LogP contribution in [0.2, 0.25) is 0 Å². The molecule has 1 amide bonds. The first-order valence-electron chi connectivity index (χ1n) is 7.28. The Morgan fingerprint density at radius 2 is 2.00 bits per heavy atom. The molecule has 0 bridgehead atoms. The average Bonchev–Trinajstić information content (AvgIpc) is 3.17. The van der Waals surface area contributed by atoms with Crippen LogP contribution in [0.5, 0.6) is 5.75 Å². The molecule has 1 aliphatic rings. The molecule has 1 aromatic rings. The van der Waals surface area contributed by atoms with Crippen molar-refractivity contribution >= 4 is 5.91 Å². The maximum Gasteiger partial charge on any atom is 0.240 e. The van der Waals surface area contributed by atoms with Gasteiger partial charge in [0.1, 0.15) is 5.75 Å².